The summed E-state index contributed by atoms with van der Waals surface area (Å²) in [4.78, 5) is 4.71. The topological polar surface area (TPSA) is 54.2 Å². The van der Waals surface area contributed by atoms with Gasteiger partial charge in [0.05, 0.1) is 12.2 Å². The first-order chi connectivity index (χ1) is 12.5. The Morgan fingerprint density at radius 1 is 1.26 bits per heavy atom. The molecule has 3 rings (SSSR count). The quantitative estimate of drug-likeness (QED) is 0.374. The summed E-state index contributed by atoms with van der Waals surface area (Å²) in [5, 5.41) is 11.1. The van der Waals surface area contributed by atoms with E-state index in [9.17, 15) is 4.39 Å². The fraction of sp³-hybridized carbons (Fsp3) is 0.500. The first kappa shape index (κ1) is 21.7. The lowest BCUT2D eigenvalue weighted by molar-refractivity contribution is 0.559. The van der Waals surface area contributed by atoms with Crippen molar-refractivity contribution >= 4 is 29.9 Å². The summed E-state index contributed by atoms with van der Waals surface area (Å²) >= 11 is 0. The molecule has 0 unspecified atom stereocenters. The van der Waals surface area contributed by atoms with E-state index in [0.29, 0.717) is 13.1 Å². The summed E-state index contributed by atoms with van der Waals surface area (Å²) in [6.07, 6.45) is 2.00. The van der Waals surface area contributed by atoms with E-state index >= 15 is 0 Å². The standard InChI is InChI=1S/C20H28FN5.HI/c1-5-22-19(23-12-16-14(2)25-26(4)15(16)3)24-13-20(10-11-20)17-8-6-7-9-18(17)21;/h6-9H,5,10-13H2,1-4H3,(H2,22,23,24);1H. The highest BCUT2D eigenvalue weighted by Crippen LogP contribution is 2.48. The van der Waals surface area contributed by atoms with Gasteiger partial charge in [-0.25, -0.2) is 9.38 Å². The van der Waals surface area contributed by atoms with Crippen molar-refractivity contribution in [2.45, 2.75) is 45.6 Å². The fourth-order valence-corrected chi connectivity index (χ4v) is 3.38. The van der Waals surface area contributed by atoms with Crippen LogP contribution in [-0.2, 0) is 19.0 Å². The first-order valence-corrected chi connectivity index (χ1v) is 9.23. The molecule has 2 N–H and O–H groups in total. The Kier molecular flexibility index (Phi) is 7.25. The van der Waals surface area contributed by atoms with Gasteiger partial charge in [0.2, 0.25) is 0 Å². The highest BCUT2D eigenvalue weighted by molar-refractivity contribution is 14.0. The average Bonchev–Trinajstić information content (AvgIpc) is 3.35. The summed E-state index contributed by atoms with van der Waals surface area (Å²) < 4.78 is 16.1. The van der Waals surface area contributed by atoms with Gasteiger partial charge in [-0.05, 0) is 45.2 Å². The van der Waals surface area contributed by atoms with E-state index in [2.05, 4.69) is 22.7 Å². The van der Waals surface area contributed by atoms with Crippen molar-refractivity contribution in [2.75, 3.05) is 13.1 Å². The molecule has 0 radical (unpaired) electrons. The van der Waals surface area contributed by atoms with Gasteiger partial charge in [-0.1, -0.05) is 18.2 Å². The van der Waals surface area contributed by atoms with E-state index in [4.69, 9.17) is 4.99 Å². The van der Waals surface area contributed by atoms with Crippen LogP contribution in [0.2, 0.25) is 0 Å². The minimum atomic E-state index is -0.115. The molecule has 1 aromatic carbocycles. The van der Waals surface area contributed by atoms with Gasteiger partial charge < -0.3 is 10.6 Å². The Morgan fingerprint density at radius 2 is 1.96 bits per heavy atom. The van der Waals surface area contributed by atoms with Crippen molar-refractivity contribution in [1.29, 1.82) is 0 Å². The highest BCUT2D eigenvalue weighted by atomic mass is 127. The summed E-state index contributed by atoms with van der Waals surface area (Å²) in [6.45, 7) is 8.15. The third kappa shape index (κ3) is 4.80. The molecule has 1 aromatic heterocycles. The van der Waals surface area contributed by atoms with E-state index in [1.807, 2.05) is 37.7 Å². The van der Waals surface area contributed by atoms with E-state index in [0.717, 1.165) is 47.9 Å². The number of aryl methyl sites for hydroxylation is 2. The van der Waals surface area contributed by atoms with Crippen molar-refractivity contribution in [3.63, 3.8) is 0 Å². The SMILES string of the molecule is CCNC(=NCc1c(C)nn(C)c1C)NCC1(c2ccccc2F)CC1.I. The Bertz CT molecular complexity index is 811. The van der Waals surface area contributed by atoms with Crippen LogP contribution in [0.25, 0.3) is 0 Å². The summed E-state index contributed by atoms with van der Waals surface area (Å²) in [5.41, 5.74) is 3.99. The number of rotatable bonds is 6. The minimum absolute atomic E-state index is 0. The van der Waals surface area contributed by atoms with Gasteiger partial charge >= 0.3 is 0 Å². The van der Waals surface area contributed by atoms with Gasteiger partial charge in [0.15, 0.2) is 5.96 Å². The Labute approximate surface area is 177 Å². The summed E-state index contributed by atoms with van der Waals surface area (Å²) in [5.74, 6) is 0.646. The molecule has 1 aliphatic carbocycles. The number of hydrogen-bond acceptors (Lipinski definition) is 2. The highest BCUT2D eigenvalue weighted by Gasteiger charge is 2.45. The van der Waals surface area contributed by atoms with Crippen LogP contribution >= 0.6 is 24.0 Å². The predicted molar refractivity (Wildman–Crippen MR) is 118 cm³/mol. The van der Waals surface area contributed by atoms with E-state index in [1.54, 1.807) is 12.1 Å². The number of benzene rings is 1. The number of guanidine groups is 1. The molecular weight excluding hydrogens is 456 g/mol. The molecule has 1 heterocycles. The normalized spacial score (nSPS) is 15.2. The van der Waals surface area contributed by atoms with Crippen molar-refractivity contribution in [1.82, 2.24) is 20.4 Å². The van der Waals surface area contributed by atoms with E-state index in [1.165, 1.54) is 0 Å². The van der Waals surface area contributed by atoms with Gasteiger partial charge in [-0.15, -0.1) is 24.0 Å². The Morgan fingerprint density at radius 3 is 2.52 bits per heavy atom. The zero-order chi connectivity index (χ0) is 18.7. The molecule has 0 aliphatic heterocycles. The summed E-state index contributed by atoms with van der Waals surface area (Å²) in [7, 11) is 1.95. The van der Waals surface area contributed by atoms with Crippen LogP contribution in [0.3, 0.4) is 0 Å². The second-order valence-corrected chi connectivity index (χ2v) is 7.08. The molecule has 0 saturated heterocycles. The fourth-order valence-electron chi connectivity index (χ4n) is 3.38. The molecular formula is C20H29FIN5. The number of aliphatic imine (C=N–C) groups is 1. The lowest BCUT2D eigenvalue weighted by Crippen LogP contribution is -2.41. The number of halogens is 2. The Hall–Kier alpha value is -1.64. The molecule has 7 heteroatoms. The molecule has 0 bridgehead atoms. The van der Waals surface area contributed by atoms with E-state index < -0.39 is 0 Å². The molecule has 1 aliphatic rings. The summed E-state index contributed by atoms with van der Waals surface area (Å²) in [6, 6.07) is 7.09. The second-order valence-electron chi connectivity index (χ2n) is 7.08. The van der Waals surface area contributed by atoms with Crippen LogP contribution in [0.4, 0.5) is 4.39 Å². The van der Waals surface area contributed by atoms with E-state index in [-0.39, 0.29) is 35.2 Å². The molecule has 0 atom stereocenters. The Balaban J connectivity index is 0.00000261. The van der Waals surface area contributed by atoms with Crippen LogP contribution in [-0.4, -0.2) is 28.8 Å². The lowest BCUT2D eigenvalue weighted by atomic mass is 9.95. The molecule has 5 nitrogen and oxygen atoms in total. The molecule has 1 fully saturated rings. The number of nitrogens with one attached hydrogen (secondary N) is 2. The van der Waals surface area contributed by atoms with Crippen molar-refractivity contribution in [3.05, 3.63) is 52.6 Å². The maximum absolute atomic E-state index is 14.2. The molecule has 0 spiro atoms. The average molecular weight is 485 g/mol. The third-order valence-corrected chi connectivity index (χ3v) is 5.29. The second kappa shape index (κ2) is 9.03. The van der Waals surface area contributed by atoms with Crippen molar-refractivity contribution in [3.8, 4) is 0 Å². The van der Waals surface area contributed by atoms with Crippen molar-refractivity contribution < 1.29 is 4.39 Å². The zero-order valence-corrected chi connectivity index (χ0v) is 18.8. The molecule has 0 amide bonds. The number of nitrogens with zero attached hydrogens (tertiary/aromatic N) is 3. The van der Waals surface area contributed by atoms with Crippen LogP contribution < -0.4 is 10.6 Å². The van der Waals surface area contributed by atoms with Gasteiger partial charge in [0.1, 0.15) is 5.82 Å². The number of hydrogen-bond donors (Lipinski definition) is 2. The van der Waals surface area contributed by atoms with Crippen LogP contribution in [0.1, 0.15) is 42.3 Å². The predicted octanol–water partition coefficient (Wildman–Crippen LogP) is 3.58. The largest absolute Gasteiger partial charge is 0.357 e. The molecule has 27 heavy (non-hydrogen) atoms. The van der Waals surface area contributed by atoms with Gasteiger partial charge in [0.25, 0.3) is 0 Å². The zero-order valence-electron chi connectivity index (χ0n) is 16.5. The smallest absolute Gasteiger partial charge is 0.191 e. The third-order valence-electron chi connectivity index (χ3n) is 5.29. The lowest BCUT2D eigenvalue weighted by Gasteiger charge is -2.19. The van der Waals surface area contributed by atoms with Crippen LogP contribution in [0.15, 0.2) is 29.3 Å². The molecule has 1 saturated carbocycles. The monoisotopic (exact) mass is 485 g/mol. The maximum atomic E-state index is 14.2. The van der Waals surface area contributed by atoms with Crippen molar-refractivity contribution in [2.24, 2.45) is 12.0 Å². The molecule has 148 valence electrons. The first-order valence-electron chi connectivity index (χ1n) is 9.23. The molecule has 2 aromatic rings. The minimum Gasteiger partial charge on any atom is -0.357 e. The van der Waals surface area contributed by atoms with Crippen LogP contribution in [0, 0.1) is 19.7 Å². The maximum Gasteiger partial charge on any atom is 0.191 e. The van der Waals surface area contributed by atoms with Gasteiger partial charge in [-0.2, -0.15) is 5.10 Å². The van der Waals surface area contributed by atoms with Gasteiger partial charge in [0, 0.05) is 36.8 Å². The van der Waals surface area contributed by atoms with Crippen LogP contribution in [0.5, 0.6) is 0 Å². The van der Waals surface area contributed by atoms with Gasteiger partial charge in [-0.3, -0.25) is 4.68 Å². The number of aromatic nitrogens is 2.